The topological polar surface area (TPSA) is 69.9 Å². The summed E-state index contributed by atoms with van der Waals surface area (Å²) in [7, 11) is 0. The van der Waals surface area contributed by atoms with Crippen LogP contribution in [0, 0.1) is 0 Å². The average Bonchev–Trinajstić information content (AvgIpc) is 2.92. The molecule has 2 N–H and O–H groups in total. The second-order valence-corrected chi connectivity index (χ2v) is 6.61. The summed E-state index contributed by atoms with van der Waals surface area (Å²) in [6, 6.07) is 0.0745. The van der Waals surface area contributed by atoms with Gasteiger partial charge in [0.15, 0.2) is 0 Å². The van der Waals surface area contributed by atoms with Crippen molar-refractivity contribution in [3.63, 3.8) is 0 Å². The summed E-state index contributed by atoms with van der Waals surface area (Å²) < 4.78 is 0. The van der Waals surface area contributed by atoms with E-state index in [1.807, 2.05) is 16.7 Å². The number of hydrogen-bond donors (Lipinski definition) is 1. The third-order valence-electron chi connectivity index (χ3n) is 4.57. The maximum Gasteiger partial charge on any atom is 0.236 e. The molecule has 2 aliphatic heterocycles. The molecule has 0 aliphatic carbocycles. The highest BCUT2D eigenvalue weighted by Crippen LogP contribution is 2.10. The van der Waals surface area contributed by atoms with Gasteiger partial charge in [-0.05, 0) is 32.6 Å². The monoisotopic (exact) mass is 310 g/mol. The minimum atomic E-state index is 0.0745. The summed E-state index contributed by atoms with van der Waals surface area (Å²) in [5, 5.41) is 0. The summed E-state index contributed by atoms with van der Waals surface area (Å²) in [6.07, 6.45) is 4.48. The van der Waals surface area contributed by atoms with E-state index in [1.54, 1.807) is 0 Å². The number of likely N-dealkylation sites (tertiary alicyclic amines) is 1. The van der Waals surface area contributed by atoms with Gasteiger partial charge in [0.1, 0.15) is 0 Å². The lowest BCUT2D eigenvalue weighted by Gasteiger charge is -2.24. The zero-order chi connectivity index (χ0) is 15.9. The number of rotatable bonds is 5. The molecule has 0 aromatic heterocycles. The van der Waals surface area contributed by atoms with Crippen molar-refractivity contribution >= 4 is 11.8 Å². The largest absolute Gasteiger partial charge is 0.342 e. The van der Waals surface area contributed by atoms with E-state index in [9.17, 15) is 9.59 Å². The van der Waals surface area contributed by atoms with Crippen LogP contribution in [-0.4, -0.2) is 78.4 Å². The Bertz CT molecular complexity index is 380. The normalized spacial score (nSPS) is 21.7. The Hall–Kier alpha value is -1.14. The molecule has 2 heterocycles. The molecule has 0 saturated carbocycles. The maximum absolute atomic E-state index is 12.2. The molecule has 2 rings (SSSR count). The minimum Gasteiger partial charge on any atom is -0.342 e. The van der Waals surface area contributed by atoms with E-state index in [2.05, 4.69) is 4.90 Å². The smallest absolute Gasteiger partial charge is 0.236 e. The zero-order valence-electron chi connectivity index (χ0n) is 13.8. The third-order valence-corrected chi connectivity index (χ3v) is 4.57. The van der Waals surface area contributed by atoms with Crippen LogP contribution in [0.15, 0.2) is 0 Å². The molecule has 22 heavy (non-hydrogen) atoms. The Labute approximate surface area is 133 Å². The lowest BCUT2D eigenvalue weighted by atomic mass is 10.2. The zero-order valence-corrected chi connectivity index (χ0v) is 13.8. The summed E-state index contributed by atoms with van der Waals surface area (Å²) in [5.74, 6) is 0.444. The highest BCUT2D eigenvalue weighted by atomic mass is 16.2. The van der Waals surface area contributed by atoms with Crippen molar-refractivity contribution in [3.8, 4) is 0 Å². The van der Waals surface area contributed by atoms with E-state index in [4.69, 9.17) is 5.73 Å². The summed E-state index contributed by atoms with van der Waals surface area (Å²) >= 11 is 0. The van der Waals surface area contributed by atoms with E-state index in [0.717, 1.165) is 65.0 Å². The number of amides is 2. The molecule has 2 fully saturated rings. The minimum absolute atomic E-state index is 0.0745. The number of carbonyl (C=O) groups is 2. The predicted molar refractivity (Wildman–Crippen MR) is 86.3 cm³/mol. The summed E-state index contributed by atoms with van der Waals surface area (Å²) in [5.41, 5.74) is 5.72. The second-order valence-electron chi connectivity index (χ2n) is 6.61. The van der Waals surface area contributed by atoms with Gasteiger partial charge in [-0.2, -0.15) is 0 Å². The van der Waals surface area contributed by atoms with E-state index >= 15 is 0 Å². The van der Waals surface area contributed by atoms with Crippen LogP contribution in [0.3, 0.4) is 0 Å². The van der Waals surface area contributed by atoms with Crippen molar-refractivity contribution < 1.29 is 9.59 Å². The Morgan fingerprint density at radius 2 is 1.55 bits per heavy atom. The fourth-order valence-electron chi connectivity index (χ4n) is 3.15. The molecule has 0 aromatic rings. The Morgan fingerprint density at radius 1 is 0.909 bits per heavy atom. The van der Waals surface area contributed by atoms with E-state index in [0.29, 0.717) is 13.0 Å². The number of nitrogens with two attached hydrogens (primary N) is 1. The first-order valence-corrected chi connectivity index (χ1v) is 8.60. The lowest BCUT2D eigenvalue weighted by molar-refractivity contribution is -0.131. The van der Waals surface area contributed by atoms with Crippen LogP contribution in [-0.2, 0) is 9.59 Å². The number of nitrogens with zero attached hydrogens (tertiary/aromatic N) is 3. The van der Waals surface area contributed by atoms with Crippen LogP contribution in [0.5, 0.6) is 0 Å². The van der Waals surface area contributed by atoms with Gasteiger partial charge in [0.05, 0.1) is 6.54 Å². The van der Waals surface area contributed by atoms with Crippen molar-refractivity contribution in [1.29, 1.82) is 0 Å². The highest BCUT2D eigenvalue weighted by Gasteiger charge is 2.23. The van der Waals surface area contributed by atoms with Gasteiger partial charge in [-0.1, -0.05) is 0 Å². The SMILES string of the molecule is CC(N)CCC(=O)N1CCCN(CC(=O)N2CCCC2)CC1. The van der Waals surface area contributed by atoms with E-state index < -0.39 is 0 Å². The molecule has 0 radical (unpaired) electrons. The molecule has 0 bridgehead atoms. The molecule has 1 atom stereocenters. The van der Waals surface area contributed by atoms with Gasteiger partial charge in [0, 0.05) is 51.7 Å². The molecule has 126 valence electrons. The first kappa shape index (κ1) is 17.2. The van der Waals surface area contributed by atoms with Crippen LogP contribution in [0.1, 0.15) is 39.0 Å². The first-order valence-electron chi connectivity index (χ1n) is 8.60. The van der Waals surface area contributed by atoms with Gasteiger partial charge in [0.25, 0.3) is 0 Å². The van der Waals surface area contributed by atoms with E-state index in [1.165, 1.54) is 0 Å². The molecule has 2 aliphatic rings. The van der Waals surface area contributed by atoms with Crippen LogP contribution in [0.25, 0.3) is 0 Å². The van der Waals surface area contributed by atoms with Crippen LogP contribution >= 0.6 is 0 Å². The lowest BCUT2D eigenvalue weighted by Crippen LogP contribution is -2.41. The van der Waals surface area contributed by atoms with Gasteiger partial charge < -0.3 is 15.5 Å². The Balaban J connectivity index is 1.74. The third kappa shape index (κ3) is 5.25. The molecule has 0 aromatic carbocycles. The van der Waals surface area contributed by atoms with Crippen molar-refractivity contribution in [3.05, 3.63) is 0 Å². The van der Waals surface area contributed by atoms with Crippen molar-refractivity contribution in [2.24, 2.45) is 5.73 Å². The molecule has 6 heteroatoms. The summed E-state index contributed by atoms with van der Waals surface area (Å²) in [6.45, 7) is 7.48. The summed E-state index contributed by atoms with van der Waals surface area (Å²) in [4.78, 5) is 30.5. The fraction of sp³-hybridized carbons (Fsp3) is 0.875. The molecule has 0 spiro atoms. The van der Waals surface area contributed by atoms with Crippen LogP contribution in [0.2, 0.25) is 0 Å². The number of carbonyl (C=O) groups excluding carboxylic acids is 2. The standard InChI is InChI=1S/C16H30N4O2/c1-14(17)5-6-15(21)20-10-4-7-18(11-12-20)13-16(22)19-8-2-3-9-19/h14H,2-13,17H2,1H3. The molecule has 1 unspecified atom stereocenters. The number of hydrogen-bond acceptors (Lipinski definition) is 4. The highest BCUT2D eigenvalue weighted by molar-refractivity contribution is 5.78. The van der Waals surface area contributed by atoms with Crippen LogP contribution in [0.4, 0.5) is 0 Å². The maximum atomic E-state index is 12.2. The van der Waals surface area contributed by atoms with Crippen molar-refractivity contribution in [2.75, 3.05) is 45.8 Å². The quantitative estimate of drug-likeness (QED) is 0.791. The van der Waals surface area contributed by atoms with Crippen molar-refractivity contribution in [1.82, 2.24) is 14.7 Å². The van der Waals surface area contributed by atoms with Gasteiger partial charge >= 0.3 is 0 Å². The van der Waals surface area contributed by atoms with Crippen molar-refractivity contribution in [2.45, 2.75) is 45.1 Å². The Kier molecular flexibility index (Phi) is 6.64. The molecular formula is C16H30N4O2. The fourth-order valence-corrected chi connectivity index (χ4v) is 3.15. The molecule has 2 saturated heterocycles. The average molecular weight is 310 g/mol. The second kappa shape index (κ2) is 8.48. The van der Waals surface area contributed by atoms with E-state index in [-0.39, 0.29) is 17.9 Å². The molecule has 6 nitrogen and oxygen atoms in total. The van der Waals surface area contributed by atoms with Gasteiger partial charge in [-0.3, -0.25) is 14.5 Å². The van der Waals surface area contributed by atoms with Gasteiger partial charge in [0.2, 0.25) is 11.8 Å². The van der Waals surface area contributed by atoms with Gasteiger partial charge in [-0.25, -0.2) is 0 Å². The predicted octanol–water partition coefficient (Wildman–Crippen LogP) is 0.271. The molecular weight excluding hydrogens is 280 g/mol. The first-order chi connectivity index (χ1) is 10.6. The Morgan fingerprint density at radius 3 is 2.23 bits per heavy atom. The van der Waals surface area contributed by atoms with Crippen LogP contribution < -0.4 is 5.73 Å². The van der Waals surface area contributed by atoms with Gasteiger partial charge in [-0.15, -0.1) is 0 Å². The molecule has 2 amide bonds.